The lowest BCUT2D eigenvalue weighted by molar-refractivity contribution is -0.122. The van der Waals surface area contributed by atoms with Crippen molar-refractivity contribution >= 4 is 17.6 Å². The van der Waals surface area contributed by atoms with Crippen LogP contribution in [-0.2, 0) is 16.0 Å². The van der Waals surface area contributed by atoms with Gasteiger partial charge < -0.3 is 14.7 Å². The van der Waals surface area contributed by atoms with Crippen molar-refractivity contribution in [2.24, 2.45) is 0 Å². The van der Waals surface area contributed by atoms with Crippen LogP contribution in [-0.4, -0.2) is 29.6 Å². The van der Waals surface area contributed by atoms with Crippen LogP contribution >= 0.6 is 0 Å². The van der Waals surface area contributed by atoms with Crippen molar-refractivity contribution in [3.63, 3.8) is 0 Å². The molecule has 0 unspecified atom stereocenters. The van der Waals surface area contributed by atoms with E-state index in [2.05, 4.69) is 0 Å². The molecule has 1 atom stereocenters. The first-order valence-electron chi connectivity index (χ1n) is 7.42. The summed E-state index contributed by atoms with van der Waals surface area (Å²) in [6, 6.07) is 13.5. The maximum absolute atomic E-state index is 12.4. The highest BCUT2D eigenvalue weighted by molar-refractivity contribution is 5.99. The second-order valence-electron chi connectivity index (χ2n) is 5.57. The summed E-state index contributed by atoms with van der Waals surface area (Å²) in [5.74, 6) is -0.756. The number of benzene rings is 2. The topological polar surface area (TPSA) is 66.8 Å². The molecule has 0 fully saturated rings. The van der Waals surface area contributed by atoms with Crippen LogP contribution in [0.1, 0.15) is 22.8 Å². The van der Waals surface area contributed by atoms with Crippen LogP contribution in [0.5, 0.6) is 5.75 Å². The van der Waals surface area contributed by atoms with E-state index in [9.17, 15) is 14.7 Å². The summed E-state index contributed by atoms with van der Waals surface area (Å²) < 4.78 is 5.09. The fourth-order valence-corrected chi connectivity index (χ4v) is 2.82. The summed E-state index contributed by atoms with van der Waals surface area (Å²) in [4.78, 5) is 26.0. The van der Waals surface area contributed by atoms with Gasteiger partial charge in [0.05, 0.1) is 5.56 Å². The minimum absolute atomic E-state index is 0.0484. The molecule has 118 valence electrons. The van der Waals surface area contributed by atoms with Gasteiger partial charge in [-0.05, 0) is 49.2 Å². The zero-order valence-electron chi connectivity index (χ0n) is 12.7. The van der Waals surface area contributed by atoms with Gasteiger partial charge in [-0.2, -0.15) is 0 Å². The zero-order chi connectivity index (χ0) is 16.4. The number of aromatic hydroxyl groups is 1. The Labute approximate surface area is 134 Å². The molecule has 1 N–H and O–H groups in total. The molecule has 0 saturated carbocycles. The summed E-state index contributed by atoms with van der Waals surface area (Å²) in [5, 5.41) is 9.21. The molecule has 2 aromatic rings. The Hall–Kier alpha value is -2.82. The SMILES string of the molecule is C[C@H]1Cc2ccccc2N1C(=O)COC(=O)c1ccc(O)cc1. The van der Waals surface area contributed by atoms with E-state index in [0.717, 1.165) is 17.7 Å². The lowest BCUT2D eigenvalue weighted by Crippen LogP contribution is -2.38. The number of esters is 1. The van der Waals surface area contributed by atoms with Crippen molar-refractivity contribution in [2.45, 2.75) is 19.4 Å². The van der Waals surface area contributed by atoms with Gasteiger partial charge in [0, 0.05) is 11.7 Å². The highest BCUT2D eigenvalue weighted by atomic mass is 16.5. The molecule has 0 saturated heterocycles. The van der Waals surface area contributed by atoms with Crippen LogP contribution in [0, 0.1) is 0 Å². The molecule has 0 aliphatic carbocycles. The second-order valence-corrected chi connectivity index (χ2v) is 5.57. The van der Waals surface area contributed by atoms with E-state index in [-0.39, 0.29) is 24.3 Å². The molecule has 0 aromatic heterocycles. The molecule has 5 nitrogen and oxygen atoms in total. The van der Waals surface area contributed by atoms with E-state index in [4.69, 9.17) is 4.74 Å². The van der Waals surface area contributed by atoms with E-state index >= 15 is 0 Å². The number of carbonyl (C=O) groups excluding carboxylic acids is 2. The number of anilines is 1. The van der Waals surface area contributed by atoms with E-state index < -0.39 is 5.97 Å². The Kier molecular flexibility index (Phi) is 4.02. The van der Waals surface area contributed by atoms with Gasteiger partial charge in [-0.15, -0.1) is 0 Å². The lowest BCUT2D eigenvalue weighted by Gasteiger charge is -2.22. The van der Waals surface area contributed by atoms with Gasteiger partial charge >= 0.3 is 5.97 Å². The molecule has 0 radical (unpaired) electrons. The van der Waals surface area contributed by atoms with E-state index in [1.807, 2.05) is 31.2 Å². The summed E-state index contributed by atoms with van der Waals surface area (Å²) in [6.45, 7) is 1.66. The van der Waals surface area contributed by atoms with Crippen molar-refractivity contribution in [2.75, 3.05) is 11.5 Å². The van der Waals surface area contributed by atoms with Crippen LogP contribution < -0.4 is 4.90 Å². The van der Waals surface area contributed by atoms with Gasteiger partial charge in [-0.1, -0.05) is 18.2 Å². The third kappa shape index (κ3) is 3.04. The minimum Gasteiger partial charge on any atom is -0.508 e. The number of amides is 1. The molecular formula is C18H17NO4. The van der Waals surface area contributed by atoms with E-state index in [0.29, 0.717) is 5.56 Å². The quantitative estimate of drug-likeness (QED) is 0.885. The van der Waals surface area contributed by atoms with Crippen LogP contribution in [0.2, 0.25) is 0 Å². The standard InChI is InChI=1S/C18H17NO4/c1-12-10-14-4-2-3-5-16(14)19(12)17(21)11-23-18(22)13-6-8-15(20)9-7-13/h2-9,12,20H,10-11H2,1H3/t12-/m0/s1. The molecular weight excluding hydrogens is 294 g/mol. The third-order valence-corrected chi connectivity index (χ3v) is 3.91. The number of phenolic OH excluding ortho intramolecular Hbond substituents is 1. The molecule has 1 aliphatic rings. The lowest BCUT2D eigenvalue weighted by atomic mass is 10.1. The number of nitrogens with zero attached hydrogens (tertiary/aromatic N) is 1. The van der Waals surface area contributed by atoms with Crippen LogP contribution in [0.4, 0.5) is 5.69 Å². The molecule has 0 spiro atoms. The Morgan fingerprint density at radius 3 is 2.61 bits per heavy atom. The van der Waals surface area contributed by atoms with Crippen molar-refractivity contribution in [1.29, 1.82) is 0 Å². The maximum atomic E-state index is 12.4. The molecule has 1 aliphatic heterocycles. The average Bonchev–Trinajstić information content (AvgIpc) is 2.88. The van der Waals surface area contributed by atoms with Crippen molar-refractivity contribution in [1.82, 2.24) is 0 Å². The number of ether oxygens (including phenoxy) is 1. The van der Waals surface area contributed by atoms with Gasteiger partial charge in [0.1, 0.15) is 5.75 Å². The molecule has 23 heavy (non-hydrogen) atoms. The fraction of sp³-hybridized carbons (Fsp3) is 0.222. The second kappa shape index (κ2) is 6.12. The fourth-order valence-electron chi connectivity index (χ4n) is 2.82. The Morgan fingerprint density at radius 2 is 1.87 bits per heavy atom. The predicted molar refractivity (Wildman–Crippen MR) is 85.5 cm³/mol. The molecule has 5 heteroatoms. The van der Waals surface area contributed by atoms with Crippen molar-refractivity contribution < 1.29 is 19.4 Å². The number of hydrogen-bond donors (Lipinski definition) is 1. The van der Waals surface area contributed by atoms with E-state index in [1.165, 1.54) is 24.3 Å². The van der Waals surface area contributed by atoms with Gasteiger partial charge in [0.2, 0.25) is 0 Å². The molecule has 3 rings (SSSR count). The average molecular weight is 311 g/mol. The first kappa shape index (κ1) is 15.1. The maximum Gasteiger partial charge on any atom is 0.338 e. The Balaban J connectivity index is 1.66. The van der Waals surface area contributed by atoms with Gasteiger partial charge in [0.25, 0.3) is 5.91 Å². The van der Waals surface area contributed by atoms with E-state index in [1.54, 1.807) is 4.90 Å². The summed E-state index contributed by atoms with van der Waals surface area (Å²) in [7, 11) is 0. The highest BCUT2D eigenvalue weighted by Crippen LogP contribution is 2.31. The Bertz CT molecular complexity index is 739. The van der Waals surface area contributed by atoms with Crippen LogP contribution in [0.15, 0.2) is 48.5 Å². The number of hydrogen-bond acceptors (Lipinski definition) is 4. The minimum atomic E-state index is -0.585. The normalized spacial score (nSPS) is 16.0. The summed E-state index contributed by atoms with van der Waals surface area (Å²) in [6.07, 6.45) is 0.799. The molecule has 1 amide bonds. The first-order valence-corrected chi connectivity index (χ1v) is 7.42. The van der Waals surface area contributed by atoms with Gasteiger partial charge in [-0.25, -0.2) is 4.79 Å². The monoisotopic (exact) mass is 311 g/mol. The first-order chi connectivity index (χ1) is 11.1. The largest absolute Gasteiger partial charge is 0.508 e. The smallest absolute Gasteiger partial charge is 0.338 e. The number of phenols is 1. The van der Waals surface area contributed by atoms with Crippen LogP contribution in [0.25, 0.3) is 0 Å². The zero-order valence-corrected chi connectivity index (χ0v) is 12.7. The predicted octanol–water partition coefficient (Wildman–Crippen LogP) is 2.53. The van der Waals surface area contributed by atoms with Crippen molar-refractivity contribution in [3.8, 4) is 5.75 Å². The summed E-state index contributed by atoms with van der Waals surface area (Å²) in [5.41, 5.74) is 2.30. The Morgan fingerprint density at radius 1 is 1.17 bits per heavy atom. The van der Waals surface area contributed by atoms with Gasteiger partial charge in [0.15, 0.2) is 6.61 Å². The number of fused-ring (bicyclic) bond motifs is 1. The number of para-hydroxylation sites is 1. The molecule has 1 heterocycles. The number of rotatable bonds is 3. The third-order valence-electron chi connectivity index (χ3n) is 3.91. The van der Waals surface area contributed by atoms with Crippen LogP contribution in [0.3, 0.4) is 0 Å². The highest BCUT2D eigenvalue weighted by Gasteiger charge is 2.30. The van der Waals surface area contributed by atoms with Crippen molar-refractivity contribution in [3.05, 3.63) is 59.7 Å². The number of carbonyl (C=O) groups is 2. The summed E-state index contributed by atoms with van der Waals surface area (Å²) >= 11 is 0. The molecule has 0 bridgehead atoms. The molecule has 2 aromatic carbocycles. The van der Waals surface area contributed by atoms with Gasteiger partial charge in [-0.3, -0.25) is 4.79 Å².